The van der Waals surface area contributed by atoms with Crippen LogP contribution in [0.5, 0.6) is 0 Å². The van der Waals surface area contributed by atoms with E-state index in [4.69, 9.17) is 0 Å². The van der Waals surface area contributed by atoms with Gasteiger partial charge in [-0.15, -0.1) is 0 Å². The number of carbonyl (C=O) groups is 4. The summed E-state index contributed by atoms with van der Waals surface area (Å²) in [7, 11) is 0. The van der Waals surface area contributed by atoms with Crippen LogP contribution < -0.4 is 0 Å². The average molecular weight is 246 g/mol. The molecule has 0 rings (SSSR count). The highest BCUT2D eigenvalue weighted by Crippen LogP contribution is 2.00. The summed E-state index contributed by atoms with van der Waals surface area (Å²) in [6, 6.07) is 0. The van der Waals surface area contributed by atoms with Crippen LogP contribution in [-0.2, 0) is 28.7 Å². The molecule has 0 saturated heterocycles. The Bertz CT molecular complexity index is 321. The zero-order valence-electron chi connectivity index (χ0n) is 9.60. The maximum Gasteiger partial charge on any atom is 0.343 e. The van der Waals surface area contributed by atoms with E-state index in [1.54, 1.807) is 0 Å². The molecule has 0 aromatic rings. The largest absolute Gasteiger partial charge is 0.393 e. The van der Waals surface area contributed by atoms with Gasteiger partial charge in [0.05, 0.1) is 6.42 Å². The Kier molecular flexibility index (Phi) is 6.73. The molecular formula is C10H14O7. The third-order valence-electron chi connectivity index (χ3n) is 1.65. The summed E-state index contributed by atoms with van der Waals surface area (Å²) in [6.45, 7) is 2.95. The normalized spacial score (nSPS) is 11.5. The van der Waals surface area contributed by atoms with E-state index in [1.165, 1.54) is 13.8 Å². The first kappa shape index (κ1) is 15.2. The van der Waals surface area contributed by atoms with Gasteiger partial charge in [0.25, 0.3) is 0 Å². The van der Waals surface area contributed by atoms with Crippen LogP contribution in [0.2, 0.25) is 0 Å². The first-order valence-corrected chi connectivity index (χ1v) is 5.06. The topological polar surface area (TPSA) is 107 Å². The molecule has 0 spiro atoms. The molecule has 0 radical (unpaired) electrons. The van der Waals surface area contributed by atoms with E-state index in [2.05, 4.69) is 9.47 Å². The summed E-state index contributed by atoms with van der Waals surface area (Å²) in [5.41, 5.74) is 0. The van der Waals surface area contributed by atoms with Gasteiger partial charge in [0, 0.05) is 12.8 Å². The lowest BCUT2D eigenvalue weighted by Gasteiger charge is -2.07. The van der Waals surface area contributed by atoms with Crippen molar-refractivity contribution in [3.8, 4) is 0 Å². The van der Waals surface area contributed by atoms with Crippen LogP contribution in [0.4, 0.5) is 0 Å². The van der Waals surface area contributed by atoms with Gasteiger partial charge in [-0.2, -0.15) is 0 Å². The first-order valence-electron chi connectivity index (χ1n) is 5.06. The summed E-state index contributed by atoms with van der Waals surface area (Å²) in [6.07, 6.45) is -2.58. The molecule has 7 nitrogen and oxygen atoms in total. The van der Waals surface area contributed by atoms with Gasteiger partial charge in [0.15, 0.2) is 6.10 Å². The van der Waals surface area contributed by atoms with Crippen molar-refractivity contribution in [1.29, 1.82) is 0 Å². The molecule has 0 heterocycles. The van der Waals surface area contributed by atoms with E-state index >= 15 is 0 Å². The maximum atomic E-state index is 11.0. The number of hydrogen-bond acceptors (Lipinski definition) is 7. The Hall–Kier alpha value is -1.76. The number of aliphatic hydroxyl groups excluding tert-OH is 1. The van der Waals surface area contributed by atoms with Crippen molar-refractivity contribution >= 4 is 23.9 Å². The van der Waals surface area contributed by atoms with Crippen molar-refractivity contribution in [3.63, 3.8) is 0 Å². The second-order valence-electron chi connectivity index (χ2n) is 3.07. The third kappa shape index (κ3) is 6.41. The van der Waals surface area contributed by atoms with Crippen LogP contribution >= 0.6 is 0 Å². The summed E-state index contributed by atoms with van der Waals surface area (Å²) in [4.78, 5) is 43.4. The minimum Gasteiger partial charge on any atom is -0.393 e. The van der Waals surface area contributed by atoms with Crippen LogP contribution in [0.3, 0.4) is 0 Å². The van der Waals surface area contributed by atoms with E-state index in [0.717, 1.165) is 0 Å². The molecular weight excluding hydrogens is 232 g/mol. The maximum absolute atomic E-state index is 11.0. The summed E-state index contributed by atoms with van der Waals surface area (Å²) < 4.78 is 8.39. The third-order valence-corrected chi connectivity index (χ3v) is 1.65. The van der Waals surface area contributed by atoms with Crippen molar-refractivity contribution in [3.05, 3.63) is 0 Å². The molecule has 1 atom stereocenters. The summed E-state index contributed by atoms with van der Waals surface area (Å²) in [5.74, 6) is -3.87. The minimum atomic E-state index is -1.82. The second-order valence-corrected chi connectivity index (χ2v) is 3.07. The van der Waals surface area contributed by atoms with Gasteiger partial charge in [0.1, 0.15) is 0 Å². The fourth-order valence-corrected chi connectivity index (χ4v) is 0.734. The van der Waals surface area contributed by atoms with Gasteiger partial charge in [-0.1, -0.05) is 13.8 Å². The molecule has 1 N–H and O–H groups in total. The van der Waals surface area contributed by atoms with Gasteiger partial charge in [-0.25, -0.2) is 4.79 Å². The summed E-state index contributed by atoms with van der Waals surface area (Å²) >= 11 is 0. The predicted molar refractivity (Wildman–Crippen MR) is 53.4 cm³/mol. The van der Waals surface area contributed by atoms with E-state index in [9.17, 15) is 24.3 Å². The van der Waals surface area contributed by atoms with Crippen molar-refractivity contribution in [2.24, 2.45) is 0 Å². The monoisotopic (exact) mass is 246 g/mol. The molecule has 0 bridgehead atoms. The first-order chi connectivity index (χ1) is 7.90. The number of carbonyl (C=O) groups excluding carboxylic acids is 4. The Morgan fingerprint density at radius 3 is 1.88 bits per heavy atom. The van der Waals surface area contributed by atoms with Crippen LogP contribution in [-0.4, -0.2) is 35.1 Å². The quantitative estimate of drug-likeness (QED) is 0.524. The molecule has 0 aliphatic carbocycles. The van der Waals surface area contributed by atoms with E-state index in [1.807, 2.05) is 0 Å². The Morgan fingerprint density at radius 1 is 0.941 bits per heavy atom. The number of ether oxygens (including phenoxy) is 2. The molecule has 0 aliphatic heterocycles. The highest BCUT2D eigenvalue weighted by molar-refractivity contribution is 5.92. The van der Waals surface area contributed by atoms with Gasteiger partial charge >= 0.3 is 23.9 Å². The standard InChI is InChI=1S/C10H14O7/c1-3-7(12)16-9(14)5-6(11)10(15)17-8(13)4-2/h6,11H,3-5H2,1-2H3. The zero-order chi connectivity index (χ0) is 13.4. The molecule has 0 aromatic heterocycles. The molecule has 7 heteroatoms. The van der Waals surface area contributed by atoms with Gasteiger partial charge < -0.3 is 14.6 Å². The van der Waals surface area contributed by atoms with Gasteiger partial charge in [-0.3, -0.25) is 14.4 Å². The number of esters is 4. The lowest BCUT2D eigenvalue weighted by atomic mass is 10.2. The van der Waals surface area contributed by atoms with Crippen LogP contribution in [0.15, 0.2) is 0 Å². The van der Waals surface area contributed by atoms with Crippen molar-refractivity contribution in [1.82, 2.24) is 0 Å². The molecule has 0 saturated carbocycles. The summed E-state index contributed by atoms with van der Waals surface area (Å²) in [5, 5.41) is 9.18. The van der Waals surface area contributed by atoms with E-state index < -0.39 is 36.4 Å². The SMILES string of the molecule is CCC(=O)OC(=O)CC(O)C(=O)OC(=O)CC. The molecule has 1 unspecified atom stereocenters. The van der Waals surface area contributed by atoms with Crippen molar-refractivity contribution in [2.75, 3.05) is 0 Å². The molecule has 96 valence electrons. The number of hydrogen-bond donors (Lipinski definition) is 1. The minimum absolute atomic E-state index is 0.000598. The Morgan fingerprint density at radius 2 is 1.41 bits per heavy atom. The lowest BCUT2D eigenvalue weighted by molar-refractivity contribution is -0.171. The molecule has 0 aromatic carbocycles. The zero-order valence-corrected chi connectivity index (χ0v) is 9.60. The number of aliphatic hydroxyl groups is 1. The average Bonchev–Trinajstić information content (AvgIpc) is 2.28. The van der Waals surface area contributed by atoms with Crippen LogP contribution in [0, 0.1) is 0 Å². The highest BCUT2D eigenvalue weighted by atomic mass is 16.6. The Balaban J connectivity index is 4.11. The molecule has 0 fully saturated rings. The van der Waals surface area contributed by atoms with Crippen molar-refractivity contribution in [2.45, 2.75) is 39.2 Å². The fraction of sp³-hybridized carbons (Fsp3) is 0.600. The van der Waals surface area contributed by atoms with Gasteiger partial charge in [0.2, 0.25) is 0 Å². The van der Waals surface area contributed by atoms with Crippen LogP contribution in [0.25, 0.3) is 0 Å². The second kappa shape index (κ2) is 7.50. The fourth-order valence-electron chi connectivity index (χ4n) is 0.734. The van der Waals surface area contributed by atoms with E-state index in [-0.39, 0.29) is 12.8 Å². The smallest absolute Gasteiger partial charge is 0.343 e. The lowest BCUT2D eigenvalue weighted by Crippen LogP contribution is -2.29. The van der Waals surface area contributed by atoms with Crippen LogP contribution in [0.1, 0.15) is 33.1 Å². The predicted octanol–water partition coefficient (Wildman–Crippen LogP) is -0.303. The Labute approximate surface area is 97.7 Å². The number of rotatable bonds is 5. The van der Waals surface area contributed by atoms with E-state index in [0.29, 0.717) is 0 Å². The molecule has 0 amide bonds. The highest BCUT2D eigenvalue weighted by Gasteiger charge is 2.24. The van der Waals surface area contributed by atoms with Crippen molar-refractivity contribution < 1.29 is 33.8 Å². The van der Waals surface area contributed by atoms with Gasteiger partial charge in [-0.05, 0) is 0 Å². The molecule has 0 aliphatic rings. The molecule has 17 heavy (non-hydrogen) atoms.